The van der Waals surface area contributed by atoms with Gasteiger partial charge in [-0.05, 0) is 37.8 Å². The summed E-state index contributed by atoms with van der Waals surface area (Å²) in [6.07, 6.45) is 3.27. The minimum atomic E-state index is 0.0258. The Morgan fingerprint density at radius 3 is 2.96 bits per heavy atom. The van der Waals surface area contributed by atoms with E-state index in [-0.39, 0.29) is 23.9 Å². The number of thiazole rings is 1. The van der Waals surface area contributed by atoms with Crippen LogP contribution >= 0.6 is 11.3 Å². The molecule has 6 heteroatoms. The maximum Gasteiger partial charge on any atom is 0.226 e. The van der Waals surface area contributed by atoms with Crippen molar-refractivity contribution < 1.29 is 4.79 Å². The van der Waals surface area contributed by atoms with Crippen LogP contribution in [0, 0.1) is 11.8 Å². The predicted octanol–water partition coefficient (Wildman–Crippen LogP) is 1.85. The van der Waals surface area contributed by atoms with Crippen molar-refractivity contribution in [2.45, 2.75) is 38.3 Å². The fourth-order valence-electron chi connectivity index (χ4n) is 3.41. The van der Waals surface area contributed by atoms with Gasteiger partial charge in [-0.1, -0.05) is 12.1 Å². The molecule has 2 aliphatic rings. The zero-order valence-corrected chi connectivity index (χ0v) is 14.0. The molecule has 1 aliphatic heterocycles. The average Bonchev–Trinajstić information content (AvgIpc) is 3.19. The van der Waals surface area contributed by atoms with Gasteiger partial charge in [0.05, 0.1) is 21.1 Å². The van der Waals surface area contributed by atoms with E-state index in [1.807, 2.05) is 18.2 Å². The molecule has 3 N–H and O–H groups in total. The van der Waals surface area contributed by atoms with Crippen LogP contribution in [0.15, 0.2) is 24.3 Å². The lowest BCUT2D eigenvalue weighted by molar-refractivity contribution is -0.125. The van der Waals surface area contributed by atoms with Gasteiger partial charge in [-0.3, -0.25) is 15.6 Å². The molecule has 0 spiro atoms. The summed E-state index contributed by atoms with van der Waals surface area (Å²) in [6.45, 7) is 2.73. The third-order valence-electron chi connectivity index (χ3n) is 4.81. The average molecular weight is 330 g/mol. The smallest absolute Gasteiger partial charge is 0.226 e. The number of hydrogen-bond acceptors (Lipinski definition) is 5. The molecule has 3 atom stereocenters. The SMILES string of the molecule is CC1NNC(C2CC2)C1C(=O)NCCc1nc2ccccc2s1. The van der Waals surface area contributed by atoms with Gasteiger partial charge in [0, 0.05) is 25.0 Å². The molecule has 2 fully saturated rings. The number of hydrogen-bond donors (Lipinski definition) is 3. The summed E-state index contributed by atoms with van der Waals surface area (Å²) in [4.78, 5) is 17.2. The van der Waals surface area contributed by atoms with Gasteiger partial charge in [0.1, 0.15) is 0 Å². The first-order valence-corrected chi connectivity index (χ1v) is 9.17. The van der Waals surface area contributed by atoms with Crippen molar-refractivity contribution in [1.82, 2.24) is 21.2 Å². The summed E-state index contributed by atoms with van der Waals surface area (Å²) in [5.74, 6) is 0.846. The Kier molecular flexibility index (Phi) is 4.05. The van der Waals surface area contributed by atoms with E-state index >= 15 is 0 Å². The topological polar surface area (TPSA) is 66.0 Å². The third kappa shape index (κ3) is 3.11. The molecule has 4 rings (SSSR count). The molecular formula is C17H22N4OS. The Hall–Kier alpha value is -1.50. The first kappa shape index (κ1) is 15.1. The van der Waals surface area contributed by atoms with Crippen LogP contribution in [0.5, 0.6) is 0 Å². The van der Waals surface area contributed by atoms with Crippen LogP contribution in [0.4, 0.5) is 0 Å². The number of rotatable bonds is 5. The highest BCUT2D eigenvalue weighted by atomic mass is 32.1. The number of para-hydroxylation sites is 1. The number of nitrogens with zero attached hydrogens (tertiary/aromatic N) is 1. The normalized spacial score (nSPS) is 27.4. The van der Waals surface area contributed by atoms with Gasteiger partial charge in [0.2, 0.25) is 5.91 Å². The van der Waals surface area contributed by atoms with Crippen LogP contribution < -0.4 is 16.2 Å². The number of nitrogens with one attached hydrogen (secondary N) is 3. The first-order valence-electron chi connectivity index (χ1n) is 8.35. The summed E-state index contributed by atoms with van der Waals surface area (Å²) >= 11 is 1.71. The molecule has 0 bridgehead atoms. The number of amides is 1. The van der Waals surface area contributed by atoms with Crippen molar-refractivity contribution in [3.63, 3.8) is 0 Å². The van der Waals surface area contributed by atoms with E-state index in [0.29, 0.717) is 12.5 Å². The molecule has 1 aliphatic carbocycles. The molecule has 1 aromatic carbocycles. The second-order valence-corrected chi connectivity index (χ2v) is 7.70. The lowest BCUT2D eigenvalue weighted by Gasteiger charge is -2.19. The van der Waals surface area contributed by atoms with Crippen LogP contribution in [-0.2, 0) is 11.2 Å². The fraction of sp³-hybridized carbons (Fsp3) is 0.529. The summed E-state index contributed by atoms with van der Waals surface area (Å²) in [6, 6.07) is 8.63. The van der Waals surface area contributed by atoms with Crippen molar-refractivity contribution >= 4 is 27.5 Å². The number of hydrazine groups is 1. The van der Waals surface area contributed by atoms with Gasteiger partial charge in [-0.2, -0.15) is 0 Å². The zero-order valence-electron chi connectivity index (χ0n) is 13.2. The summed E-state index contributed by atoms with van der Waals surface area (Å²) in [5.41, 5.74) is 7.58. The number of carbonyl (C=O) groups is 1. The molecule has 122 valence electrons. The molecule has 1 aromatic heterocycles. The predicted molar refractivity (Wildman–Crippen MR) is 92.1 cm³/mol. The third-order valence-corrected chi connectivity index (χ3v) is 5.91. The minimum Gasteiger partial charge on any atom is -0.355 e. The van der Waals surface area contributed by atoms with Crippen LogP contribution in [0.1, 0.15) is 24.8 Å². The van der Waals surface area contributed by atoms with Crippen LogP contribution in [-0.4, -0.2) is 29.5 Å². The second-order valence-electron chi connectivity index (χ2n) is 6.58. The van der Waals surface area contributed by atoms with E-state index in [1.54, 1.807) is 11.3 Å². The molecule has 1 saturated heterocycles. The standard InChI is InChI=1S/C17H22N4OS/c1-10-15(16(21-20-10)11-6-7-11)17(22)18-9-8-14-19-12-4-2-3-5-13(12)23-14/h2-5,10-11,15-16,20-21H,6-9H2,1H3,(H,18,22). The Labute approximate surface area is 139 Å². The summed E-state index contributed by atoms with van der Waals surface area (Å²) in [5, 5.41) is 4.19. The van der Waals surface area contributed by atoms with Gasteiger partial charge in [-0.15, -0.1) is 11.3 Å². The molecule has 0 radical (unpaired) electrons. The van der Waals surface area contributed by atoms with Gasteiger partial charge in [0.25, 0.3) is 0 Å². The molecule has 3 unspecified atom stereocenters. The maximum absolute atomic E-state index is 12.6. The largest absolute Gasteiger partial charge is 0.355 e. The summed E-state index contributed by atoms with van der Waals surface area (Å²) < 4.78 is 1.21. The van der Waals surface area contributed by atoms with E-state index in [2.05, 4.69) is 34.1 Å². The Morgan fingerprint density at radius 2 is 2.17 bits per heavy atom. The van der Waals surface area contributed by atoms with Crippen molar-refractivity contribution in [1.29, 1.82) is 0 Å². The Bertz CT molecular complexity index is 678. The number of aromatic nitrogens is 1. The fourth-order valence-corrected chi connectivity index (χ4v) is 4.38. The van der Waals surface area contributed by atoms with Gasteiger partial charge < -0.3 is 5.32 Å². The first-order chi connectivity index (χ1) is 11.2. The second kappa shape index (κ2) is 6.19. The van der Waals surface area contributed by atoms with Crippen LogP contribution in [0.3, 0.4) is 0 Å². The van der Waals surface area contributed by atoms with Crippen molar-refractivity contribution in [3.8, 4) is 0 Å². The number of carbonyl (C=O) groups excluding carboxylic acids is 1. The highest BCUT2D eigenvalue weighted by Gasteiger charge is 2.45. The highest BCUT2D eigenvalue weighted by molar-refractivity contribution is 7.18. The minimum absolute atomic E-state index is 0.0258. The lowest BCUT2D eigenvalue weighted by Crippen LogP contribution is -2.42. The summed E-state index contributed by atoms with van der Waals surface area (Å²) in [7, 11) is 0. The van der Waals surface area contributed by atoms with Crippen LogP contribution in [0.25, 0.3) is 10.2 Å². The molecule has 5 nitrogen and oxygen atoms in total. The van der Waals surface area contributed by atoms with Crippen molar-refractivity contribution in [2.75, 3.05) is 6.54 Å². The van der Waals surface area contributed by atoms with Crippen LogP contribution in [0.2, 0.25) is 0 Å². The maximum atomic E-state index is 12.6. The molecule has 2 heterocycles. The van der Waals surface area contributed by atoms with E-state index in [9.17, 15) is 4.79 Å². The molecule has 23 heavy (non-hydrogen) atoms. The molecular weight excluding hydrogens is 308 g/mol. The Morgan fingerprint density at radius 1 is 1.35 bits per heavy atom. The number of benzene rings is 1. The van der Waals surface area contributed by atoms with Gasteiger partial charge in [0.15, 0.2) is 0 Å². The Balaban J connectivity index is 1.34. The quantitative estimate of drug-likeness (QED) is 0.783. The van der Waals surface area contributed by atoms with E-state index in [1.165, 1.54) is 17.5 Å². The van der Waals surface area contributed by atoms with E-state index < -0.39 is 0 Å². The van der Waals surface area contributed by atoms with Gasteiger partial charge in [-0.25, -0.2) is 4.98 Å². The van der Waals surface area contributed by atoms with E-state index in [4.69, 9.17) is 0 Å². The van der Waals surface area contributed by atoms with Crippen molar-refractivity contribution in [3.05, 3.63) is 29.3 Å². The highest BCUT2D eigenvalue weighted by Crippen LogP contribution is 2.38. The molecule has 1 saturated carbocycles. The van der Waals surface area contributed by atoms with Gasteiger partial charge >= 0.3 is 0 Å². The zero-order chi connectivity index (χ0) is 15.8. The van der Waals surface area contributed by atoms with E-state index in [0.717, 1.165) is 16.9 Å². The van der Waals surface area contributed by atoms with Crippen molar-refractivity contribution in [2.24, 2.45) is 11.8 Å². The molecule has 1 amide bonds. The molecule has 2 aromatic rings. The number of fused-ring (bicyclic) bond motifs is 1. The monoisotopic (exact) mass is 330 g/mol. The lowest BCUT2D eigenvalue weighted by atomic mass is 9.91.